The minimum atomic E-state index is -0.108. The Morgan fingerprint density at radius 3 is 2.71 bits per heavy atom. The van der Waals surface area contributed by atoms with Gasteiger partial charge in [0.2, 0.25) is 0 Å². The van der Waals surface area contributed by atoms with Gasteiger partial charge < -0.3 is 15.0 Å². The van der Waals surface area contributed by atoms with Gasteiger partial charge in [-0.3, -0.25) is 4.98 Å². The Balaban J connectivity index is 2.01. The van der Waals surface area contributed by atoms with Crippen LogP contribution in [-0.4, -0.2) is 36.1 Å². The Hall–Kier alpha value is -1.78. The molecule has 116 valence electrons. The average molecular weight is 291 g/mol. The van der Waals surface area contributed by atoms with Crippen molar-refractivity contribution in [3.63, 3.8) is 0 Å². The molecule has 1 aliphatic heterocycles. The van der Waals surface area contributed by atoms with E-state index in [0.29, 0.717) is 17.6 Å². The smallest absolute Gasteiger partial charge is 0.317 e. The number of hydrogen-bond donors (Lipinski definition) is 1. The normalized spacial score (nSPS) is 23.5. The summed E-state index contributed by atoms with van der Waals surface area (Å²) < 4.78 is 5.30. The third kappa shape index (κ3) is 3.86. The van der Waals surface area contributed by atoms with Gasteiger partial charge in [-0.1, -0.05) is 13.8 Å². The minimum Gasteiger partial charge on any atom is -0.495 e. The zero-order chi connectivity index (χ0) is 15.4. The molecule has 1 N–H and O–H groups in total. The molecule has 1 aromatic heterocycles. The van der Waals surface area contributed by atoms with Crippen molar-refractivity contribution >= 4 is 6.03 Å². The molecule has 5 nitrogen and oxygen atoms in total. The number of likely N-dealkylation sites (tertiary alicyclic amines) is 1. The van der Waals surface area contributed by atoms with Crippen molar-refractivity contribution < 1.29 is 9.53 Å². The van der Waals surface area contributed by atoms with E-state index in [1.54, 1.807) is 19.5 Å². The molecule has 21 heavy (non-hydrogen) atoms. The quantitative estimate of drug-likeness (QED) is 0.931. The molecular weight excluding hydrogens is 266 g/mol. The number of hydrogen-bond acceptors (Lipinski definition) is 3. The molecule has 0 saturated carbocycles. The number of piperidine rings is 1. The zero-order valence-corrected chi connectivity index (χ0v) is 13.3. The van der Waals surface area contributed by atoms with E-state index in [2.05, 4.69) is 24.1 Å². The fourth-order valence-corrected chi connectivity index (χ4v) is 3.10. The highest BCUT2D eigenvalue weighted by Gasteiger charge is 2.26. The van der Waals surface area contributed by atoms with E-state index in [0.717, 1.165) is 18.7 Å². The van der Waals surface area contributed by atoms with E-state index in [1.165, 1.54) is 6.42 Å². The monoisotopic (exact) mass is 291 g/mol. The average Bonchev–Trinajstić information content (AvgIpc) is 2.46. The van der Waals surface area contributed by atoms with Crippen LogP contribution in [0.25, 0.3) is 0 Å². The van der Waals surface area contributed by atoms with E-state index in [9.17, 15) is 4.79 Å². The Morgan fingerprint density at radius 1 is 1.43 bits per heavy atom. The lowest BCUT2D eigenvalue weighted by Gasteiger charge is -2.35. The van der Waals surface area contributed by atoms with Gasteiger partial charge in [-0.05, 0) is 31.2 Å². The number of rotatable bonds is 3. The molecule has 2 rings (SSSR count). The number of urea groups is 1. The molecule has 2 heterocycles. The lowest BCUT2D eigenvalue weighted by molar-refractivity contribution is 0.144. The molecule has 1 fully saturated rings. The largest absolute Gasteiger partial charge is 0.495 e. The third-order valence-corrected chi connectivity index (χ3v) is 4.00. The van der Waals surface area contributed by atoms with Crippen molar-refractivity contribution in [1.82, 2.24) is 15.2 Å². The van der Waals surface area contributed by atoms with Gasteiger partial charge in [-0.2, -0.15) is 0 Å². The molecular formula is C16H25N3O2. The van der Waals surface area contributed by atoms with E-state index in [4.69, 9.17) is 4.74 Å². The highest BCUT2D eigenvalue weighted by atomic mass is 16.5. The second-order valence-electron chi connectivity index (χ2n) is 6.14. The third-order valence-electron chi connectivity index (χ3n) is 4.00. The molecule has 0 radical (unpaired) electrons. The molecule has 1 aliphatic rings. The van der Waals surface area contributed by atoms with E-state index < -0.39 is 0 Å². The number of carbonyl (C=O) groups is 1. The topological polar surface area (TPSA) is 54.5 Å². The van der Waals surface area contributed by atoms with Gasteiger partial charge in [0.05, 0.1) is 19.3 Å². The van der Waals surface area contributed by atoms with Crippen LogP contribution in [0.5, 0.6) is 5.75 Å². The van der Waals surface area contributed by atoms with Gasteiger partial charge in [0, 0.05) is 24.8 Å². The second kappa shape index (κ2) is 6.78. The van der Waals surface area contributed by atoms with Crippen molar-refractivity contribution in [3.8, 4) is 5.75 Å². The molecule has 1 saturated heterocycles. The Bertz CT molecular complexity index is 482. The van der Waals surface area contributed by atoms with Gasteiger partial charge in [0.25, 0.3) is 0 Å². The minimum absolute atomic E-state index is 0.000217. The maximum Gasteiger partial charge on any atom is 0.317 e. The summed E-state index contributed by atoms with van der Waals surface area (Å²) in [5.41, 5.74) is 0.943. The van der Waals surface area contributed by atoms with Crippen LogP contribution in [0.2, 0.25) is 0 Å². The van der Waals surface area contributed by atoms with Crippen molar-refractivity contribution in [1.29, 1.82) is 0 Å². The Morgan fingerprint density at radius 2 is 2.10 bits per heavy atom. The Labute approximate surface area is 126 Å². The molecule has 1 aromatic rings. The fourth-order valence-electron chi connectivity index (χ4n) is 3.10. The first-order chi connectivity index (χ1) is 10.0. The SMILES string of the molecule is COc1cnccc1C(C)NC(=O)N1CC(C)CC(C)C1. The van der Waals surface area contributed by atoms with Gasteiger partial charge in [0.15, 0.2) is 0 Å². The summed E-state index contributed by atoms with van der Waals surface area (Å²) in [6.45, 7) is 8.02. The predicted molar refractivity (Wildman–Crippen MR) is 82.3 cm³/mol. The lowest BCUT2D eigenvalue weighted by Crippen LogP contribution is -2.48. The van der Waals surface area contributed by atoms with Crippen molar-refractivity contribution in [2.45, 2.75) is 33.2 Å². The molecule has 0 spiro atoms. The molecule has 0 bridgehead atoms. The number of amides is 2. The molecule has 3 unspecified atom stereocenters. The van der Waals surface area contributed by atoms with E-state index in [-0.39, 0.29) is 12.1 Å². The number of nitrogens with zero attached hydrogens (tertiary/aromatic N) is 2. The van der Waals surface area contributed by atoms with E-state index in [1.807, 2.05) is 17.9 Å². The second-order valence-corrected chi connectivity index (χ2v) is 6.14. The number of aromatic nitrogens is 1. The van der Waals surface area contributed by atoms with Crippen molar-refractivity contribution in [2.75, 3.05) is 20.2 Å². The van der Waals surface area contributed by atoms with Crippen LogP contribution in [0.15, 0.2) is 18.5 Å². The molecule has 5 heteroatoms. The number of pyridine rings is 1. The number of methoxy groups -OCH3 is 1. The summed E-state index contributed by atoms with van der Waals surface area (Å²) in [7, 11) is 1.61. The standard InChI is InChI=1S/C16H25N3O2/c1-11-7-12(2)10-19(9-11)16(20)18-13(3)14-5-6-17-8-15(14)21-4/h5-6,8,11-13H,7,9-10H2,1-4H3,(H,18,20). The summed E-state index contributed by atoms with van der Waals surface area (Å²) in [6, 6.07) is 1.77. The fraction of sp³-hybridized carbons (Fsp3) is 0.625. The summed E-state index contributed by atoms with van der Waals surface area (Å²) >= 11 is 0. The molecule has 0 aromatic carbocycles. The first-order valence-electron chi connectivity index (χ1n) is 7.54. The number of carbonyl (C=O) groups excluding carboxylic acids is 1. The van der Waals surface area contributed by atoms with Crippen LogP contribution in [0, 0.1) is 11.8 Å². The van der Waals surface area contributed by atoms with Gasteiger partial charge in [0.1, 0.15) is 5.75 Å². The van der Waals surface area contributed by atoms with Gasteiger partial charge >= 0.3 is 6.03 Å². The first kappa shape index (κ1) is 15.6. The molecule has 2 amide bonds. The van der Waals surface area contributed by atoms with Gasteiger partial charge in [-0.25, -0.2) is 4.79 Å². The highest BCUT2D eigenvalue weighted by Crippen LogP contribution is 2.25. The van der Waals surface area contributed by atoms with Crippen LogP contribution in [0.4, 0.5) is 4.79 Å². The summed E-state index contributed by atoms with van der Waals surface area (Å²) in [4.78, 5) is 18.4. The first-order valence-corrected chi connectivity index (χ1v) is 7.54. The predicted octanol–water partition coefficient (Wildman–Crippen LogP) is 2.84. The number of ether oxygens (including phenoxy) is 1. The summed E-state index contributed by atoms with van der Waals surface area (Å²) in [5, 5.41) is 3.06. The van der Waals surface area contributed by atoms with Gasteiger partial charge in [-0.15, -0.1) is 0 Å². The lowest BCUT2D eigenvalue weighted by atomic mass is 9.92. The maximum atomic E-state index is 12.4. The molecule has 0 aliphatic carbocycles. The number of nitrogens with one attached hydrogen (secondary N) is 1. The van der Waals surface area contributed by atoms with Crippen molar-refractivity contribution in [2.24, 2.45) is 11.8 Å². The Kier molecular flexibility index (Phi) is 5.04. The van der Waals surface area contributed by atoms with Crippen LogP contribution in [0.3, 0.4) is 0 Å². The van der Waals surface area contributed by atoms with Crippen LogP contribution >= 0.6 is 0 Å². The maximum absolute atomic E-state index is 12.4. The highest BCUT2D eigenvalue weighted by molar-refractivity contribution is 5.75. The van der Waals surface area contributed by atoms with E-state index >= 15 is 0 Å². The zero-order valence-electron chi connectivity index (χ0n) is 13.3. The summed E-state index contributed by atoms with van der Waals surface area (Å²) in [6.07, 6.45) is 4.58. The van der Waals surface area contributed by atoms with Crippen molar-refractivity contribution in [3.05, 3.63) is 24.0 Å². The van der Waals surface area contributed by atoms with Crippen LogP contribution < -0.4 is 10.1 Å². The van der Waals surface area contributed by atoms with Crippen LogP contribution in [0.1, 0.15) is 38.8 Å². The molecule has 3 atom stereocenters. The van der Waals surface area contributed by atoms with Crippen LogP contribution in [-0.2, 0) is 0 Å². The summed E-state index contributed by atoms with van der Waals surface area (Å²) in [5.74, 6) is 1.82.